The van der Waals surface area contributed by atoms with Gasteiger partial charge in [0.25, 0.3) is 15.9 Å². The van der Waals surface area contributed by atoms with Gasteiger partial charge in [-0.05, 0) is 54.1 Å². The molecule has 0 saturated carbocycles. The summed E-state index contributed by atoms with van der Waals surface area (Å²) in [5, 5.41) is 2.80. The van der Waals surface area contributed by atoms with Crippen LogP contribution in [0.2, 0.25) is 0 Å². The predicted molar refractivity (Wildman–Crippen MR) is 101 cm³/mol. The molecule has 27 heavy (non-hydrogen) atoms. The van der Waals surface area contributed by atoms with Gasteiger partial charge in [0.15, 0.2) is 0 Å². The van der Waals surface area contributed by atoms with Crippen LogP contribution in [-0.4, -0.2) is 14.3 Å². The van der Waals surface area contributed by atoms with E-state index in [4.69, 9.17) is 0 Å². The first-order valence-corrected chi connectivity index (χ1v) is 9.63. The first-order chi connectivity index (χ1) is 12.9. The number of benzene rings is 3. The maximum Gasteiger partial charge on any atom is 0.261 e. The lowest BCUT2D eigenvalue weighted by molar-refractivity contribution is 0.0951. The van der Waals surface area contributed by atoms with Gasteiger partial charge < -0.3 is 5.32 Å². The van der Waals surface area contributed by atoms with Gasteiger partial charge in [-0.15, -0.1) is 0 Å². The molecule has 138 valence electrons. The maximum atomic E-state index is 12.9. The fraction of sp³-hybridized carbons (Fsp3) is 0.0500. The topological polar surface area (TPSA) is 75.3 Å². The molecule has 0 heterocycles. The van der Waals surface area contributed by atoms with Gasteiger partial charge >= 0.3 is 0 Å². The predicted octanol–water partition coefficient (Wildman–Crippen LogP) is 3.56. The summed E-state index contributed by atoms with van der Waals surface area (Å²) in [4.78, 5) is 12.1. The van der Waals surface area contributed by atoms with Crippen molar-refractivity contribution < 1.29 is 17.6 Å². The highest BCUT2D eigenvalue weighted by atomic mass is 32.2. The second kappa shape index (κ2) is 8.01. The van der Waals surface area contributed by atoms with Gasteiger partial charge in [0.1, 0.15) is 5.82 Å². The van der Waals surface area contributed by atoms with Crippen LogP contribution in [0.15, 0.2) is 83.8 Å². The van der Waals surface area contributed by atoms with Gasteiger partial charge in [-0.1, -0.05) is 30.3 Å². The Kier molecular flexibility index (Phi) is 5.52. The van der Waals surface area contributed by atoms with E-state index in [1.807, 2.05) is 30.3 Å². The molecule has 3 rings (SSSR count). The van der Waals surface area contributed by atoms with Crippen LogP contribution in [0.25, 0.3) is 0 Å². The van der Waals surface area contributed by atoms with Crippen molar-refractivity contribution in [2.45, 2.75) is 11.4 Å². The first-order valence-electron chi connectivity index (χ1n) is 8.15. The Morgan fingerprint density at radius 1 is 0.852 bits per heavy atom. The molecule has 1 amide bonds. The molecule has 0 unspecified atom stereocenters. The SMILES string of the molecule is O=C(NCc1ccccc1)c1ccc(NS(=O)(=O)c2ccc(F)cc2)cc1. The molecule has 0 aliphatic rings. The molecule has 0 fully saturated rings. The summed E-state index contributed by atoms with van der Waals surface area (Å²) in [7, 11) is -3.83. The van der Waals surface area contributed by atoms with Crippen molar-refractivity contribution in [2.24, 2.45) is 0 Å². The van der Waals surface area contributed by atoms with Crippen molar-refractivity contribution in [2.75, 3.05) is 4.72 Å². The number of nitrogens with one attached hydrogen (secondary N) is 2. The Labute approximate surface area is 156 Å². The number of hydrogen-bond acceptors (Lipinski definition) is 3. The summed E-state index contributed by atoms with van der Waals surface area (Å²) in [5.74, 6) is -0.772. The molecule has 0 spiro atoms. The molecule has 0 aliphatic heterocycles. The fourth-order valence-electron chi connectivity index (χ4n) is 2.40. The average molecular weight is 384 g/mol. The lowest BCUT2D eigenvalue weighted by Gasteiger charge is -2.09. The quantitative estimate of drug-likeness (QED) is 0.682. The minimum absolute atomic E-state index is 0.0476. The molecule has 0 saturated heterocycles. The van der Waals surface area contributed by atoms with E-state index in [1.54, 1.807) is 0 Å². The molecule has 3 aromatic carbocycles. The molecule has 0 atom stereocenters. The highest BCUT2D eigenvalue weighted by molar-refractivity contribution is 7.92. The van der Waals surface area contributed by atoms with Gasteiger partial charge in [0.05, 0.1) is 4.90 Å². The number of hydrogen-bond donors (Lipinski definition) is 2. The number of halogens is 1. The lowest BCUT2D eigenvalue weighted by Crippen LogP contribution is -2.22. The molecule has 0 aromatic heterocycles. The van der Waals surface area contributed by atoms with Crippen molar-refractivity contribution in [3.05, 3.63) is 95.8 Å². The molecule has 7 heteroatoms. The average Bonchev–Trinajstić information content (AvgIpc) is 2.67. The summed E-state index contributed by atoms with van der Waals surface area (Å²) in [6, 6.07) is 20.1. The van der Waals surface area contributed by atoms with E-state index in [2.05, 4.69) is 10.0 Å². The van der Waals surface area contributed by atoms with Crippen LogP contribution in [0.5, 0.6) is 0 Å². The Morgan fingerprint density at radius 3 is 2.11 bits per heavy atom. The van der Waals surface area contributed by atoms with Crippen molar-refractivity contribution in [3.63, 3.8) is 0 Å². The van der Waals surface area contributed by atoms with Crippen LogP contribution in [0, 0.1) is 5.82 Å². The van der Waals surface area contributed by atoms with Gasteiger partial charge in [-0.3, -0.25) is 9.52 Å². The van der Waals surface area contributed by atoms with Gasteiger partial charge in [0, 0.05) is 17.8 Å². The van der Waals surface area contributed by atoms with Crippen LogP contribution in [0.3, 0.4) is 0 Å². The van der Waals surface area contributed by atoms with Gasteiger partial charge in [-0.2, -0.15) is 0 Å². The van der Waals surface area contributed by atoms with E-state index in [9.17, 15) is 17.6 Å². The molecular weight excluding hydrogens is 367 g/mol. The number of amides is 1. The summed E-state index contributed by atoms with van der Waals surface area (Å²) in [5.41, 5.74) is 1.70. The van der Waals surface area contributed by atoms with Crippen LogP contribution in [0.4, 0.5) is 10.1 Å². The third kappa shape index (κ3) is 4.92. The number of carbonyl (C=O) groups excluding carboxylic acids is 1. The molecule has 2 N–H and O–H groups in total. The zero-order valence-electron chi connectivity index (χ0n) is 14.2. The summed E-state index contributed by atoms with van der Waals surface area (Å²) < 4.78 is 39.9. The normalized spacial score (nSPS) is 11.0. The van der Waals surface area contributed by atoms with Gasteiger partial charge in [-0.25, -0.2) is 12.8 Å². The standard InChI is InChI=1S/C20H17FN2O3S/c21-17-8-12-19(13-9-17)27(25,26)23-18-10-6-16(7-11-18)20(24)22-14-15-4-2-1-3-5-15/h1-13,23H,14H2,(H,22,24). The zero-order valence-corrected chi connectivity index (χ0v) is 15.0. The van der Waals surface area contributed by atoms with Crippen molar-refractivity contribution in [1.82, 2.24) is 5.32 Å². The third-order valence-corrected chi connectivity index (χ3v) is 5.22. The Bertz CT molecular complexity index is 1020. The van der Waals surface area contributed by atoms with Crippen molar-refractivity contribution >= 4 is 21.6 Å². The van der Waals surface area contributed by atoms with E-state index < -0.39 is 15.8 Å². The smallest absolute Gasteiger partial charge is 0.261 e. The maximum absolute atomic E-state index is 12.9. The molecule has 0 radical (unpaired) electrons. The van der Waals surface area contributed by atoms with E-state index in [1.165, 1.54) is 36.4 Å². The van der Waals surface area contributed by atoms with Crippen LogP contribution < -0.4 is 10.0 Å². The van der Waals surface area contributed by atoms with E-state index in [0.29, 0.717) is 17.8 Å². The van der Waals surface area contributed by atoms with Crippen LogP contribution in [-0.2, 0) is 16.6 Å². The summed E-state index contributed by atoms with van der Waals surface area (Å²) in [6.07, 6.45) is 0. The lowest BCUT2D eigenvalue weighted by atomic mass is 10.2. The first kappa shape index (κ1) is 18.6. The van der Waals surface area contributed by atoms with E-state index >= 15 is 0 Å². The highest BCUT2D eigenvalue weighted by Crippen LogP contribution is 2.17. The number of carbonyl (C=O) groups is 1. The van der Waals surface area contributed by atoms with E-state index in [-0.39, 0.29) is 10.8 Å². The largest absolute Gasteiger partial charge is 0.348 e. The zero-order chi connectivity index (χ0) is 19.3. The Hall–Kier alpha value is -3.19. The number of sulfonamides is 1. The van der Waals surface area contributed by atoms with Crippen LogP contribution in [0.1, 0.15) is 15.9 Å². The highest BCUT2D eigenvalue weighted by Gasteiger charge is 2.14. The Morgan fingerprint density at radius 2 is 1.48 bits per heavy atom. The third-order valence-electron chi connectivity index (χ3n) is 3.82. The summed E-state index contributed by atoms with van der Waals surface area (Å²) in [6.45, 7) is 0.401. The second-order valence-corrected chi connectivity index (χ2v) is 7.49. The molecule has 0 bridgehead atoms. The molecule has 5 nitrogen and oxygen atoms in total. The second-order valence-electron chi connectivity index (χ2n) is 5.81. The minimum atomic E-state index is -3.83. The molecule has 3 aromatic rings. The fourth-order valence-corrected chi connectivity index (χ4v) is 3.46. The molecular formula is C20H17FN2O3S. The molecule has 0 aliphatic carbocycles. The Balaban J connectivity index is 1.64. The van der Waals surface area contributed by atoms with Gasteiger partial charge in [0.2, 0.25) is 0 Å². The monoisotopic (exact) mass is 384 g/mol. The van der Waals surface area contributed by atoms with Crippen molar-refractivity contribution in [3.8, 4) is 0 Å². The van der Waals surface area contributed by atoms with Crippen molar-refractivity contribution in [1.29, 1.82) is 0 Å². The van der Waals surface area contributed by atoms with E-state index in [0.717, 1.165) is 17.7 Å². The summed E-state index contributed by atoms with van der Waals surface area (Å²) >= 11 is 0. The number of anilines is 1. The number of rotatable bonds is 6. The minimum Gasteiger partial charge on any atom is -0.348 e. The van der Waals surface area contributed by atoms with Crippen LogP contribution >= 0.6 is 0 Å².